The number of hydrogen-bond acceptors (Lipinski definition) is 3. The maximum absolute atomic E-state index is 12.9. The largest absolute Gasteiger partial charge is 0.341 e. The average molecular weight is 370 g/mol. The summed E-state index contributed by atoms with van der Waals surface area (Å²) in [6.07, 6.45) is 6.58. The minimum atomic E-state index is 0.0984. The third-order valence-electron chi connectivity index (χ3n) is 6.48. The van der Waals surface area contributed by atoms with Crippen LogP contribution in [0.15, 0.2) is 24.3 Å². The zero-order chi connectivity index (χ0) is 18.6. The SMILES string of the molecule is O=C(c1ccc(C2CCCNC2)cc1)N1CCCN(C(=O)C2CCC2)CC1. The Hall–Kier alpha value is -1.88. The van der Waals surface area contributed by atoms with Gasteiger partial charge in [0, 0.05) is 44.2 Å². The molecule has 0 spiro atoms. The van der Waals surface area contributed by atoms with Gasteiger partial charge in [0.25, 0.3) is 5.91 Å². The van der Waals surface area contributed by atoms with Crippen LogP contribution >= 0.6 is 0 Å². The van der Waals surface area contributed by atoms with E-state index in [4.69, 9.17) is 0 Å². The molecule has 0 aromatic heterocycles. The number of nitrogens with one attached hydrogen (secondary N) is 1. The Balaban J connectivity index is 1.35. The summed E-state index contributed by atoms with van der Waals surface area (Å²) in [7, 11) is 0. The Labute approximate surface area is 162 Å². The second-order valence-corrected chi connectivity index (χ2v) is 8.26. The lowest BCUT2D eigenvalue weighted by Gasteiger charge is -2.31. The van der Waals surface area contributed by atoms with Gasteiger partial charge in [0.15, 0.2) is 0 Å². The molecule has 1 aromatic rings. The molecular weight excluding hydrogens is 338 g/mol. The summed E-state index contributed by atoms with van der Waals surface area (Å²) < 4.78 is 0. The molecule has 146 valence electrons. The van der Waals surface area contributed by atoms with Crippen LogP contribution in [0.3, 0.4) is 0 Å². The highest BCUT2D eigenvalue weighted by atomic mass is 16.2. The highest BCUT2D eigenvalue weighted by molar-refractivity contribution is 5.94. The summed E-state index contributed by atoms with van der Waals surface area (Å²) in [5.74, 6) is 1.21. The van der Waals surface area contributed by atoms with Crippen LogP contribution in [0, 0.1) is 5.92 Å². The normalized spacial score (nSPS) is 24.2. The van der Waals surface area contributed by atoms with Crippen LogP contribution in [0.25, 0.3) is 0 Å². The first-order chi connectivity index (χ1) is 13.2. The van der Waals surface area contributed by atoms with Gasteiger partial charge in [0.2, 0.25) is 5.91 Å². The Bertz CT molecular complexity index is 663. The lowest BCUT2D eigenvalue weighted by molar-refractivity contribution is -0.138. The minimum Gasteiger partial charge on any atom is -0.341 e. The van der Waals surface area contributed by atoms with Crippen LogP contribution in [0.4, 0.5) is 0 Å². The van der Waals surface area contributed by atoms with Crippen molar-refractivity contribution in [3.63, 3.8) is 0 Å². The molecule has 3 fully saturated rings. The zero-order valence-electron chi connectivity index (χ0n) is 16.2. The predicted molar refractivity (Wildman–Crippen MR) is 106 cm³/mol. The Morgan fingerprint density at radius 1 is 0.852 bits per heavy atom. The van der Waals surface area contributed by atoms with E-state index in [1.165, 1.54) is 24.8 Å². The van der Waals surface area contributed by atoms with E-state index in [0.29, 0.717) is 24.9 Å². The molecule has 1 saturated carbocycles. The highest BCUT2D eigenvalue weighted by Crippen LogP contribution is 2.29. The van der Waals surface area contributed by atoms with Crippen molar-refractivity contribution in [3.05, 3.63) is 35.4 Å². The molecule has 1 aromatic carbocycles. The van der Waals surface area contributed by atoms with E-state index in [1.807, 2.05) is 21.9 Å². The fourth-order valence-electron chi connectivity index (χ4n) is 4.47. The van der Waals surface area contributed by atoms with Crippen molar-refractivity contribution in [2.75, 3.05) is 39.3 Å². The van der Waals surface area contributed by atoms with E-state index >= 15 is 0 Å². The van der Waals surface area contributed by atoms with Gasteiger partial charge in [-0.25, -0.2) is 0 Å². The van der Waals surface area contributed by atoms with Crippen molar-refractivity contribution in [2.45, 2.75) is 44.4 Å². The van der Waals surface area contributed by atoms with Crippen molar-refractivity contribution < 1.29 is 9.59 Å². The predicted octanol–water partition coefficient (Wildman–Crippen LogP) is 2.63. The van der Waals surface area contributed by atoms with Gasteiger partial charge in [-0.3, -0.25) is 9.59 Å². The summed E-state index contributed by atoms with van der Waals surface area (Å²) in [6.45, 7) is 4.99. The minimum absolute atomic E-state index is 0.0984. The van der Waals surface area contributed by atoms with Gasteiger partial charge in [-0.05, 0) is 62.3 Å². The molecule has 1 unspecified atom stereocenters. The summed E-state index contributed by atoms with van der Waals surface area (Å²) >= 11 is 0. The first kappa shape index (κ1) is 18.5. The molecule has 1 atom stereocenters. The Kier molecular flexibility index (Phi) is 5.77. The third kappa shape index (κ3) is 4.18. The van der Waals surface area contributed by atoms with Crippen LogP contribution in [-0.4, -0.2) is 60.9 Å². The number of carbonyl (C=O) groups excluding carboxylic acids is 2. The summed E-state index contributed by atoms with van der Waals surface area (Å²) in [4.78, 5) is 29.3. The van der Waals surface area contributed by atoms with Gasteiger partial charge in [0.1, 0.15) is 0 Å². The average Bonchev–Trinajstić information content (AvgIpc) is 2.93. The molecule has 0 bridgehead atoms. The number of carbonyl (C=O) groups is 2. The second-order valence-electron chi connectivity index (χ2n) is 8.26. The fourth-order valence-corrected chi connectivity index (χ4v) is 4.47. The van der Waals surface area contributed by atoms with Crippen molar-refractivity contribution in [1.29, 1.82) is 0 Å². The molecule has 27 heavy (non-hydrogen) atoms. The van der Waals surface area contributed by atoms with E-state index in [0.717, 1.165) is 51.0 Å². The molecule has 0 radical (unpaired) electrons. The van der Waals surface area contributed by atoms with Crippen molar-refractivity contribution in [1.82, 2.24) is 15.1 Å². The van der Waals surface area contributed by atoms with E-state index in [-0.39, 0.29) is 11.8 Å². The summed E-state index contributed by atoms with van der Waals surface area (Å²) in [5, 5.41) is 3.45. The van der Waals surface area contributed by atoms with E-state index in [2.05, 4.69) is 17.4 Å². The van der Waals surface area contributed by atoms with Crippen LogP contribution < -0.4 is 5.32 Å². The van der Waals surface area contributed by atoms with Crippen molar-refractivity contribution >= 4 is 11.8 Å². The van der Waals surface area contributed by atoms with E-state index < -0.39 is 0 Å². The molecular formula is C22H31N3O2. The number of benzene rings is 1. The zero-order valence-corrected chi connectivity index (χ0v) is 16.2. The maximum Gasteiger partial charge on any atom is 0.253 e. The molecule has 1 N–H and O–H groups in total. The van der Waals surface area contributed by atoms with Gasteiger partial charge in [-0.15, -0.1) is 0 Å². The highest BCUT2D eigenvalue weighted by Gasteiger charge is 2.31. The summed E-state index contributed by atoms with van der Waals surface area (Å²) in [5.41, 5.74) is 2.09. The standard InChI is InChI=1S/C22H31N3O2/c26-21(18-4-1-5-18)24-12-3-13-25(15-14-24)22(27)19-9-7-17(8-10-19)20-6-2-11-23-16-20/h7-10,18,20,23H,1-6,11-16H2. The summed E-state index contributed by atoms with van der Waals surface area (Å²) in [6, 6.07) is 8.20. The van der Waals surface area contributed by atoms with Gasteiger partial charge in [-0.1, -0.05) is 18.6 Å². The smallest absolute Gasteiger partial charge is 0.253 e. The monoisotopic (exact) mass is 369 g/mol. The van der Waals surface area contributed by atoms with Crippen LogP contribution in [0.5, 0.6) is 0 Å². The third-order valence-corrected chi connectivity index (χ3v) is 6.48. The van der Waals surface area contributed by atoms with Crippen LogP contribution in [0.1, 0.15) is 60.4 Å². The molecule has 2 saturated heterocycles. The molecule has 2 aliphatic heterocycles. The van der Waals surface area contributed by atoms with Gasteiger partial charge >= 0.3 is 0 Å². The van der Waals surface area contributed by atoms with Crippen molar-refractivity contribution in [2.24, 2.45) is 5.92 Å². The molecule has 3 aliphatic rings. The molecule has 5 heteroatoms. The van der Waals surface area contributed by atoms with Crippen LogP contribution in [0.2, 0.25) is 0 Å². The molecule has 5 nitrogen and oxygen atoms in total. The second kappa shape index (κ2) is 8.42. The molecule has 2 amide bonds. The fraction of sp³-hybridized carbons (Fsp3) is 0.636. The lowest BCUT2D eigenvalue weighted by Crippen LogP contribution is -2.41. The topological polar surface area (TPSA) is 52.7 Å². The number of amides is 2. The van der Waals surface area contributed by atoms with Gasteiger partial charge in [-0.2, -0.15) is 0 Å². The Morgan fingerprint density at radius 3 is 2.26 bits per heavy atom. The van der Waals surface area contributed by atoms with Gasteiger partial charge < -0.3 is 15.1 Å². The Morgan fingerprint density at radius 2 is 1.59 bits per heavy atom. The number of nitrogens with zero attached hydrogens (tertiary/aromatic N) is 2. The molecule has 1 aliphatic carbocycles. The number of hydrogen-bond donors (Lipinski definition) is 1. The molecule has 2 heterocycles. The maximum atomic E-state index is 12.9. The number of piperidine rings is 1. The first-order valence-corrected chi connectivity index (χ1v) is 10.6. The quantitative estimate of drug-likeness (QED) is 0.891. The van der Waals surface area contributed by atoms with Gasteiger partial charge in [0.05, 0.1) is 0 Å². The first-order valence-electron chi connectivity index (χ1n) is 10.6. The number of rotatable bonds is 3. The van der Waals surface area contributed by atoms with Crippen LogP contribution in [-0.2, 0) is 4.79 Å². The lowest BCUT2D eigenvalue weighted by atomic mass is 9.84. The molecule has 4 rings (SSSR count). The van der Waals surface area contributed by atoms with E-state index in [9.17, 15) is 9.59 Å². The van der Waals surface area contributed by atoms with E-state index in [1.54, 1.807) is 0 Å². The van der Waals surface area contributed by atoms with Crippen molar-refractivity contribution in [3.8, 4) is 0 Å².